The molecule has 2 N–H and O–H groups in total. The fraction of sp³-hybridized carbons (Fsp3) is 0.154. The summed E-state index contributed by atoms with van der Waals surface area (Å²) in [7, 11) is 1.35. The molecule has 0 aliphatic heterocycles. The molecule has 2 rings (SSSR count). The fourth-order valence-corrected chi connectivity index (χ4v) is 2.00. The van der Waals surface area contributed by atoms with Crippen LogP contribution in [0.2, 0.25) is 5.02 Å². The highest BCUT2D eigenvalue weighted by Gasteiger charge is 2.21. The Kier molecular flexibility index (Phi) is 3.20. The number of halogens is 1. The van der Waals surface area contributed by atoms with Gasteiger partial charge in [0.15, 0.2) is 0 Å². The summed E-state index contributed by atoms with van der Waals surface area (Å²) in [6, 6.07) is 7.45. The lowest BCUT2D eigenvalue weighted by molar-refractivity contribution is -0.136. The zero-order valence-electron chi connectivity index (χ0n) is 9.37. The molecule has 0 heterocycles. The number of carbonyl (C=O) groups excluding carboxylic acids is 1. The van der Waals surface area contributed by atoms with Crippen molar-refractivity contribution in [1.82, 2.24) is 0 Å². The van der Waals surface area contributed by atoms with Crippen LogP contribution in [0.1, 0.15) is 12.0 Å². The largest absolute Gasteiger partial charge is 0.466 e. The van der Waals surface area contributed by atoms with E-state index in [1.807, 2.05) is 18.2 Å². The van der Waals surface area contributed by atoms with Crippen LogP contribution in [0.25, 0.3) is 5.57 Å². The van der Waals surface area contributed by atoms with Gasteiger partial charge in [0.2, 0.25) is 0 Å². The van der Waals surface area contributed by atoms with E-state index < -0.39 is 0 Å². The molecule has 0 fully saturated rings. The molecule has 0 bridgehead atoms. The van der Waals surface area contributed by atoms with Gasteiger partial charge >= 0.3 is 5.97 Å². The Morgan fingerprint density at radius 1 is 1.47 bits per heavy atom. The van der Waals surface area contributed by atoms with Crippen molar-refractivity contribution in [3.8, 4) is 0 Å². The van der Waals surface area contributed by atoms with Crippen LogP contribution in [0.4, 0.5) is 0 Å². The monoisotopic (exact) mass is 249 g/mol. The van der Waals surface area contributed by atoms with E-state index in [-0.39, 0.29) is 5.97 Å². The SMILES string of the molecule is COC(=O)C1=C(N)C=C(c2cccc(Cl)c2)C1. The molecule has 0 amide bonds. The summed E-state index contributed by atoms with van der Waals surface area (Å²) >= 11 is 5.92. The Morgan fingerprint density at radius 3 is 2.88 bits per heavy atom. The third kappa shape index (κ3) is 2.34. The fourth-order valence-electron chi connectivity index (χ4n) is 1.81. The van der Waals surface area contributed by atoms with Gasteiger partial charge in [0.25, 0.3) is 0 Å². The summed E-state index contributed by atoms with van der Waals surface area (Å²) in [5.74, 6) is -0.379. The summed E-state index contributed by atoms with van der Waals surface area (Å²) in [5.41, 5.74) is 8.71. The lowest BCUT2D eigenvalue weighted by Crippen LogP contribution is -2.08. The normalized spacial score (nSPS) is 14.8. The van der Waals surface area contributed by atoms with Gasteiger partial charge in [-0.25, -0.2) is 4.79 Å². The van der Waals surface area contributed by atoms with E-state index in [0.29, 0.717) is 22.7 Å². The average Bonchev–Trinajstić information content (AvgIpc) is 2.70. The highest BCUT2D eigenvalue weighted by molar-refractivity contribution is 6.30. The summed E-state index contributed by atoms with van der Waals surface area (Å²) in [6.45, 7) is 0. The van der Waals surface area contributed by atoms with E-state index in [0.717, 1.165) is 11.1 Å². The standard InChI is InChI=1S/C13H12ClNO2/c1-17-13(16)11-6-9(7-12(11)15)8-3-2-4-10(14)5-8/h2-5,7H,6,15H2,1H3. The van der Waals surface area contributed by atoms with E-state index in [1.165, 1.54) is 7.11 Å². The number of esters is 1. The van der Waals surface area contributed by atoms with Gasteiger partial charge < -0.3 is 10.5 Å². The molecule has 1 aromatic rings. The second-order valence-corrected chi connectivity index (χ2v) is 4.22. The molecule has 0 atom stereocenters. The molecular weight excluding hydrogens is 238 g/mol. The maximum atomic E-state index is 11.4. The van der Waals surface area contributed by atoms with Gasteiger partial charge in [0.05, 0.1) is 12.7 Å². The van der Waals surface area contributed by atoms with Crippen molar-refractivity contribution < 1.29 is 9.53 Å². The van der Waals surface area contributed by atoms with Crippen LogP contribution in [0.15, 0.2) is 41.6 Å². The van der Waals surface area contributed by atoms with Gasteiger partial charge in [-0.2, -0.15) is 0 Å². The van der Waals surface area contributed by atoms with E-state index in [1.54, 1.807) is 12.1 Å². The van der Waals surface area contributed by atoms with E-state index in [9.17, 15) is 4.79 Å². The number of rotatable bonds is 2. The number of ether oxygens (including phenoxy) is 1. The van der Waals surface area contributed by atoms with Crippen LogP contribution in [0, 0.1) is 0 Å². The van der Waals surface area contributed by atoms with Crippen molar-refractivity contribution >= 4 is 23.1 Å². The Balaban J connectivity index is 2.25. The predicted molar refractivity (Wildman–Crippen MR) is 67.3 cm³/mol. The van der Waals surface area contributed by atoms with Crippen molar-refractivity contribution in [3.63, 3.8) is 0 Å². The topological polar surface area (TPSA) is 52.3 Å². The van der Waals surface area contributed by atoms with Gasteiger partial charge in [-0.3, -0.25) is 0 Å². The molecule has 0 saturated carbocycles. The Hall–Kier alpha value is -1.74. The second kappa shape index (κ2) is 4.63. The summed E-state index contributed by atoms with van der Waals surface area (Å²) in [5, 5.41) is 0.661. The Labute approximate surface area is 105 Å². The van der Waals surface area contributed by atoms with Crippen molar-refractivity contribution in [2.75, 3.05) is 7.11 Å². The maximum Gasteiger partial charge on any atom is 0.336 e. The maximum absolute atomic E-state index is 11.4. The molecule has 3 nitrogen and oxygen atoms in total. The molecule has 88 valence electrons. The third-order valence-corrected chi connectivity index (χ3v) is 2.91. The molecular formula is C13H12ClNO2. The van der Waals surface area contributed by atoms with E-state index in [2.05, 4.69) is 4.74 Å². The number of methoxy groups -OCH3 is 1. The zero-order chi connectivity index (χ0) is 12.4. The summed E-state index contributed by atoms with van der Waals surface area (Å²) in [4.78, 5) is 11.4. The number of nitrogens with two attached hydrogens (primary N) is 1. The molecule has 0 unspecified atom stereocenters. The van der Waals surface area contributed by atoms with Gasteiger partial charge in [0.1, 0.15) is 0 Å². The number of hydrogen-bond acceptors (Lipinski definition) is 3. The minimum atomic E-state index is -0.379. The van der Waals surface area contributed by atoms with E-state index >= 15 is 0 Å². The lowest BCUT2D eigenvalue weighted by Gasteiger charge is -2.04. The Morgan fingerprint density at radius 2 is 2.24 bits per heavy atom. The first-order valence-corrected chi connectivity index (χ1v) is 5.53. The third-order valence-electron chi connectivity index (χ3n) is 2.67. The van der Waals surface area contributed by atoms with Crippen LogP contribution in [0.3, 0.4) is 0 Å². The number of hydrogen-bond donors (Lipinski definition) is 1. The molecule has 0 aromatic heterocycles. The zero-order valence-corrected chi connectivity index (χ0v) is 10.1. The summed E-state index contributed by atoms with van der Waals surface area (Å²) < 4.78 is 4.68. The minimum Gasteiger partial charge on any atom is -0.466 e. The first kappa shape index (κ1) is 11.7. The van der Waals surface area contributed by atoms with Gasteiger partial charge in [-0.05, 0) is 29.3 Å². The van der Waals surface area contributed by atoms with Crippen LogP contribution in [-0.4, -0.2) is 13.1 Å². The highest BCUT2D eigenvalue weighted by atomic mass is 35.5. The molecule has 0 radical (unpaired) electrons. The number of benzene rings is 1. The number of carbonyl (C=O) groups is 1. The molecule has 0 saturated heterocycles. The van der Waals surface area contributed by atoms with E-state index in [4.69, 9.17) is 17.3 Å². The van der Waals surface area contributed by atoms with Crippen molar-refractivity contribution in [3.05, 3.63) is 52.2 Å². The molecule has 4 heteroatoms. The first-order chi connectivity index (χ1) is 8.11. The molecule has 0 spiro atoms. The van der Waals surface area contributed by atoms with Crippen LogP contribution in [-0.2, 0) is 9.53 Å². The van der Waals surface area contributed by atoms with Crippen molar-refractivity contribution in [2.24, 2.45) is 5.73 Å². The highest BCUT2D eigenvalue weighted by Crippen LogP contribution is 2.31. The molecule has 1 aromatic carbocycles. The van der Waals surface area contributed by atoms with Crippen LogP contribution in [0.5, 0.6) is 0 Å². The van der Waals surface area contributed by atoms with Crippen LogP contribution < -0.4 is 5.73 Å². The second-order valence-electron chi connectivity index (χ2n) is 3.78. The Bertz CT molecular complexity index is 532. The molecule has 17 heavy (non-hydrogen) atoms. The average molecular weight is 250 g/mol. The van der Waals surface area contributed by atoms with Crippen LogP contribution >= 0.6 is 11.6 Å². The van der Waals surface area contributed by atoms with Crippen molar-refractivity contribution in [1.29, 1.82) is 0 Å². The minimum absolute atomic E-state index is 0.379. The quantitative estimate of drug-likeness (QED) is 0.820. The predicted octanol–water partition coefficient (Wildman–Crippen LogP) is 2.51. The van der Waals surface area contributed by atoms with Crippen molar-refractivity contribution in [2.45, 2.75) is 6.42 Å². The molecule has 1 aliphatic carbocycles. The smallest absolute Gasteiger partial charge is 0.336 e. The first-order valence-electron chi connectivity index (χ1n) is 5.15. The molecule has 1 aliphatic rings. The summed E-state index contributed by atoms with van der Waals surface area (Å²) in [6.07, 6.45) is 2.27. The number of allylic oxidation sites excluding steroid dienone is 2. The van der Waals surface area contributed by atoms with Gasteiger partial charge in [0, 0.05) is 17.1 Å². The lowest BCUT2D eigenvalue weighted by atomic mass is 10.0. The van der Waals surface area contributed by atoms with Gasteiger partial charge in [-0.1, -0.05) is 23.7 Å². The van der Waals surface area contributed by atoms with Gasteiger partial charge in [-0.15, -0.1) is 0 Å².